The number of carbonyl (C=O) groups is 1. The monoisotopic (exact) mass is 401 g/mol. The predicted octanol–water partition coefficient (Wildman–Crippen LogP) is 0.342. The molecule has 3 aromatic heterocycles. The Morgan fingerprint density at radius 2 is 2.14 bits per heavy atom. The first-order valence-corrected chi connectivity index (χ1v) is 10.3. The summed E-state index contributed by atoms with van der Waals surface area (Å²) in [5.74, 6) is -0.191. The van der Waals surface area contributed by atoms with E-state index in [2.05, 4.69) is 25.6 Å². The number of aliphatic hydroxyl groups excluding tert-OH is 1. The molecule has 3 aromatic rings. The molecule has 1 saturated heterocycles. The second-order valence-corrected chi connectivity index (χ2v) is 8.60. The van der Waals surface area contributed by atoms with Crippen molar-refractivity contribution >= 4 is 28.6 Å². The summed E-state index contributed by atoms with van der Waals surface area (Å²) in [7, 11) is 0. The van der Waals surface area contributed by atoms with Crippen molar-refractivity contribution in [2.24, 2.45) is 0 Å². The van der Waals surface area contributed by atoms with E-state index in [1.165, 1.54) is 11.3 Å². The van der Waals surface area contributed by atoms with Crippen molar-refractivity contribution in [2.45, 2.75) is 19.4 Å². The normalized spacial score (nSPS) is 15.2. The molecule has 28 heavy (non-hydrogen) atoms. The van der Waals surface area contributed by atoms with E-state index in [9.17, 15) is 9.90 Å². The summed E-state index contributed by atoms with van der Waals surface area (Å²) in [6.07, 6.45) is 5.70. The molecule has 148 valence electrons. The lowest BCUT2D eigenvalue weighted by Crippen LogP contribution is -2.89. The largest absolute Gasteiger partial charge is 0.394 e. The topological polar surface area (TPSA) is 99.4 Å². The van der Waals surface area contributed by atoms with Gasteiger partial charge < -0.3 is 20.6 Å². The zero-order chi connectivity index (χ0) is 19.7. The van der Waals surface area contributed by atoms with E-state index in [1.807, 2.05) is 23.8 Å². The van der Waals surface area contributed by atoms with E-state index in [-0.39, 0.29) is 12.5 Å². The summed E-state index contributed by atoms with van der Waals surface area (Å²) in [5.41, 5.74) is 3.00. The van der Waals surface area contributed by atoms with Gasteiger partial charge in [-0.2, -0.15) is 5.10 Å². The van der Waals surface area contributed by atoms with Crippen LogP contribution in [0.4, 0.5) is 5.69 Å². The van der Waals surface area contributed by atoms with Crippen molar-refractivity contribution < 1.29 is 15.2 Å². The Balaban J connectivity index is 1.58. The van der Waals surface area contributed by atoms with Gasteiger partial charge in [0.2, 0.25) is 0 Å². The van der Waals surface area contributed by atoms with Gasteiger partial charge in [0.1, 0.15) is 0 Å². The molecule has 1 aliphatic rings. The highest BCUT2D eigenvalue weighted by molar-refractivity contribution is 7.12. The third-order valence-electron chi connectivity index (χ3n) is 4.90. The molecule has 0 bridgehead atoms. The van der Waals surface area contributed by atoms with Crippen molar-refractivity contribution in [1.82, 2.24) is 19.9 Å². The van der Waals surface area contributed by atoms with E-state index < -0.39 is 5.54 Å². The molecule has 1 aliphatic heterocycles. The number of hydrogen-bond donors (Lipinski definition) is 3. The number of nitrogens with one attached hydrogen (secondary N) is 1. The van der Waals surface area contributed by atoms with Crippen LogP contribution in [0.3, 0.4) is 0 Å². The first-order chi connectivity index (χ1) is 13.5. The number of carbonyl (C=O) groups excluding carboxylic acids is 1. The Morgan fingerprint density at radius 3 is 2.89 bits per heavy atom. The van der Waals surface area contributed by atoms with Crippen LogP contribution < -0.4 is 15.5 Å². The van der Waals surface area contributed by atoms with Gasteiger partial charge in [0.05, 0.1) is 67.5 Å². The highest BCUT2D eigenvalue weighted by Gasteiger charge is 2.22. The van der Waals surface area contributed by atoms with Crippen LogP contribution in [0.2, 0.25) is 0 Å². The Labute approximate surface area is 167 Å². The number of aliphatic hydroxyl groups is 1. The molecule has 0 aromatic carbocycles. The van der Waals surface area contributed by atoms with Gasteiger partial charge in [0.15, 0.2) is 5.65 Å². The maximum Gasteiger partial charge on any atom is 0.261 e. The van der Waals surface area contributed by atoms with Gasteiger partial charge >= 0.3 is 0 Å². The fraction of sp³-hybridized carbons (Fsp3) is 0.421. The minimum absolute atomic E-state index is 0.119. The van der Waals surface area contributed by atoms with Crippen molar-refractivity contribution in [3.8, 4) is 11.1 Å². The van der Waals surface area contributed by atoms with Crippen LogP contribution in [0.25, 0.3) is 16.8 Å². The van der Waals surface area contributed by atoms with Crippen LogP contribution in [0.1, 0.15) is 23.5 Å². The molecular weight excluding hydrogens is 376 g/mol. The van der Waals surface area contributed by atoms with Crippen LogP contribution in [-0.4, -0.2) is 63.9 Å². The first kappa shape index (κ1) is 18.9. The molecule has 4 heterocycles. The molecule has 0 atom stereocenters. The molecule has 9 heteroatoms. The second kappa shape index (κ2) is 7.50. The Kier molecular flexibility index (Phi) is 5.05. The number of nitrogens with zero attached hydrogens (tertiary/aromatic N) is 4. The number of anilines is 1. The maximum atomic E-state index is 12.4. The standard InChI is InChI=1S/C19H24N6O2S/c1-19(2,12-26)23-18(27)16-7-13(11-28-16)15-9-22-25-10-14(8-21-17(15)25)24-5-3-20-4-6-24/h7-11,20,26H,3-6,12H2,1-2H3,(H,23,27)/p+1. The number of thiophene rings is 1. The van der Waals surface area contributed by atoms with Gasteiger partial charge in [-0.15, -0.1) is 11.3 Å². The summed E-state index contributed by atoms with van der Waals surface area (Å²) in [4.78, 5) is 20.0. The SMILES string of the molecule is CC(C)(CO)NC(=O)c1cc(-c2cnn3cc(N4CC[NH2+]CC4)cnc23)cs1. The average Bonchev–Trinajstić information content (AvgIpc) is 3.35. The number of quaternary nitrogens is 1. The van der Waals surface area contributed by atoms with E-state index >= 15 is 0 Å². The van der Waals surface area contributed by atoms with Crippen LogP contribution in [0.5, 0.6) is 0 Å². The Morgan fingerprint density at radius 1 is 1.36 bits per heavy atom. The zero-order valence-corrected chi connectivity index (χ0v) is 16.9. The highest BCUT2D eigenvalue weighted by atomic mass is 32.1. The molecular formula is C19H25N6O2S+. The molecule has 8 nitrogen and oxygen atoms in total. The number of piperazine rings is 1. The maximum absolute atomic E-state index is 12.4. The van der Waals surface area contributed by atoms with E-state index in [0.29, 0.717) is 4.88 Å². The lowest BCUT2D eigenvalue weighted by atomic mass is 10.1. The zero-order valence-electron chi connectivity index (χ0n) is 16.1. The molecule has 0 radical (unpaired) electrons. The third-order valence-corrected chi connectivity index (χ3v) is 5.82. The third kappa shape index (κ3) is 3.73. The van der Waals surface area contributed by atoms with Crippen LogP contribution in [0, 0.1) is 0 Å². The van der Waals surface area contributed by atoms with Gasteiger partial charge in [-0.3, -0.25) is 4.79 Å². The minimum Gasteiger partial charge on any atom is -0.394 e. The molecule has 0 saturated carbocycles. The molecule has 4 rings (SSSR count). The number of nitrogens with two attached hydrogens (primary N) is 1. The molecule has 1 amide bonds. The molecule has 4 N–H and O–H groups in total. The van der Waals surface area contributed by atoms with Crippen LogP contribution in [0.15, 0.2) is 30.0 Å². The summed E-state index contributed by atoms with van der Waals surface area (Å²) in [6, 6.07) is 1.85. The number of hydrogen-bond acceptors (Lipinski definition) is 6. The summed E-state index contributed by atoms with van der Waals surface area (Å²) in [5, 5.41) is 20.9. The average molecular weight is 402 g/mol. The number of rotatable bonds is 5. The van der Waals surface area contributed by atoms with Gasteiger partial charge in [-0.25, -0.2) is 9.50 Å². The number of aromatic nitrogens is 3. The molecule has 0 aliphatic carbocycles. The molecule has 0 spiro atoms. The highest BCUT2D eigenvalue weighted by Crippen LogP contribution is 2.29. The van der Waals surface area contributed by atoms with Gasteiger partial charge in [0.25, 0.3) is 5.91 Å². The molecule has 0 unspecified atom stereocenters. The van der Waals surface area contributed by atoms with Gasteiger partial charge in [0, 0.05) is 5.56 Å². The Hall–Kier alpha value is -2.49. The summed E-state index contributed by atoms with van der Waals surface area (Å²) < 4.78 is 1.80. The molecule has 1 fully saturated rings. The van der Waals surface area contributed by atoms with Crippen molar-refractivity contribution in [2.75, 3.05) is 37.7 Å². The van der Waals surface area contributed by atoms with Gasteiger partial charge in [-0.05, 0) is 30.9 Å². The number of fused-ring (bicyclic) bond motifs is 1. The van der Waals surface area contributed by atoms with Crippen LogP contribution >= 0.6 is 11.3 Å². The first-order valence-electron chi connectivity index (χ1n) is 9.39. The fourth-order valence-electron chi connectivity index (χ4n) is 3.25. The van der Waals surface area contributed by atoms with Crippen molar-refractivity contribution in [3.05, 3.63) is 34.9 Å². The van der Waals surface area contributed by atoms with Gasteiger partial charge in [-0.1, -0.05) is 0 Å². The Bertz CT molecular complexity index is 989. The fourth-order valence-corrected chi connectivity index (χ4v) is 4.05. The predicted molar refractivity (Wildman–Crippen MR) is 109 cm³/mol. The quantitative estimate of drug-likeness (QED) is 0.573. The summed E-state index contributed by atoms with van der Waals surface area (Å²) in [6.45, 7) is 7.65. The number of amides is 1. The second-order valence-electron chi connectivity index (χ2n) is 7.69. The van der Waals surface area contributed by atoms with Crippen LogP contribution in [-0.2, 0) is 0 Å². The van der Waals surface area contributed by atoms with Crippen molar-refractivity contribution in [3.63, 3.8) is 0 Å². The minimum atomic E-state index is -0.657. The smallest absolute Gasteiger partial charge is 0.261 e. The van der Waals surface area contributed by atoms with E-state index in [4.69, 9.17) is 0 Å². The van der Waals surface area contributed by atoms with Crippen molar-refractivity contribution in [1.29, 1.82) is 0 Å². The van der Waals surface area contributed by atoms with E-state index in [0.717, 1.165) is 48.6 Å². The summed E-state index contributed by atoms with van der Waals surface area (Å²) >= 11 is 1.37. The lowest BCUT2D eigenvalue weighted by molar-refractivity contribution is -0.655. The lowest BCUT2D eigenvalue weighted by Gasteiger charge is -2.26. The van der Waals surface area contributed by atoms with E-state index in [1.54, 1.807) is 24.6 Å².